The van der Waals surface area contributed by atoms with Crippen molar-refractivity contribution in [3.8, 4) is 0 Å². The van der Waals surface area contributed by atoms with Crippen LogP contribution in [0.4, 0.5) is 0 Å². The van der Waals surface area contributed by atoms with Crippen LogP contribution in [0.2, 0.25) is 0 Å². The Morgan fingerprint density at radius 2 is 2.15 bits per heavy atom. The van der Waals surface area contributed by atoms with Crippen molar-refractivity contribution in [1.82, 2.24) is 15.6 Å². The second-order valence-electron chi connectivity index (χ2n) is 4.58. The highest BCUT2D eigenvalue weighted by molar-refractivity contribution is 5.92. The van der Waals surface area contributed by atoms with E-state index in [-0.39, 0.29) is 11.7 Å². The molecule has 112 valence electrons. The first-order chi connectivity index (χ1) is 9.51. The molecule has 0 fully saturated rings. The number of hydrazine groups is 1. The smallest absolute Gasteiger partial charge is 0.301 e. The summed E-state index contributed by atoms with van der Waals surface area (Å²) in [7, 11) is 1.60. The van der Waals surface area contributed by atoms with Gasteiger partial charge in [0.1, 0.15) is 5.76 Å². The Hall–Kier alpha value is -1.86. The van der Waals surface area contributed by atoms with E-state index in [0.29, 0.717) is 18.8 Å². The monoisotopic (exact) mass is 282 g/mol. The molecule has 0 aliphatic carbocycles. The molecule has 20 heavy (non-hydrogen) atoms. The van der Waals surface area contributed by atoms with Gasteiger partial charge in [0.2, 0.25) is 5.91 Å². The van der Waals surface area contributed by atoms with Gasteiger partial charge in [0.05, 0.1) is 13.1 Å². The van der Waals surface area contributed by atoms with Crippen molar-refractivity contribution in [1.29, 1.82) is 0 Å². The third-order valence-corrected chi connectivity index (χ3v) is 2.87. The molecule has 2 amide bonds. The van der Waals surface area contributed by atoms with Gasteiger partial charge in [0, 0.05) is 12.6 Å². The van der Waals surface area contributed by atoms with Crippen molar-refractivity contribution < 1.29 is 14.0 Å². The first kappa shape index (κ1) is 16.2. The number of nitrogens with zero attached hydrogens (tertiary/aromatic N) is 1. The number of aryl methyl sites for hydroxylation is 1. The zero-order chi connectivity index (χ0) is 15.1. The summed E-state index contributed by atoms with van der Waals surface area (Å²) in [5.41, 5.74) is 2.77. The van der Waals surface area contributed by atoms with Gasteiger partial charge in [0.25, 0.3) is 0 Å². The van der Waals surface area contributed by atoms with Crippen LogP contribution in [-0.2, 0) is 11.3 Å². The van der Waals surface area contributed by atoms with Crippen LogP contribution in [0.1, 0.15) is 35.2 Å². The number of nitrogen functional groups attached to an aromatic ring is 1. The highest BCUT2D eigenvalue weighted by atomic mass is 16.4. The van der Waals surface area contributed by atoms with E-state index in [4.69, 9.17) is 10.3 Å². The van der Waals surface area contributed by atoms with Gasteiger partial charge in [-0.05, 0) is 26.0 Å². The molecule has 1 rings (SSSR count). The molecule has 0 unspecified atom stereocenters. The predicted octanol–water partition coefficient (Wildman–Crippen LogP) is 0.150. The molecule has 0 spiro atoms. The summed E-state index contributed by atoms with van der Waals surface area (Å²) >= 11 is 0. The Kier molecular flexibility index (Phi) is 6.20. The average Bonchev–Trinajstić information content (AvgIpc) is 2.78. The van der Waals surface area contributed by atoms with Crippen LogP contribution in [0.5, 0.6) is 0 Å². The van der Waals surface area contributed by atoms with Gasteiger partial charge in [-0.1, -0.05) is 6.92 Å². The fourth-order valence-corrected chi connectivity index (χ4v) is 1.95. The van der Waals surface area contributed by atoms with Gasteiger partial charge < -0.3 is 9.73 Å². The number of hydrogen-bond donors (Lipinski definition) is 3. The maximum Gasteiger partial charge on any atom is 0.301 e. The number of furan rings is 1. The Morgan fingerprint density at radius 1 is 1.45 bits per heavy atom. The van der Waals surface area contributed by atoms with Gasteiger partial charge >= 0.3 is 5.91 Å². The maximum absolute atomic E-state index is 11.5. The number of likely N-dealkylation sites (N-methyl/N-ethyl adjacent to an activating group) is 1. The molecule has 0 aliphatic rings. The first-order valence-electron chi connectivity index (χ1n) is 6.55. The van der Waals surface area contributed by atoms with Crippen molar-refractivity contribution in [3.05, 3.63) is 23.2 Å². The number of carbonyl (C=O) groups is 2. The Bertz CT molecular complexity index is 470. The number of carbonyl (C=O) groups excluding carboxylic acids is 2. The summed E-state index contributed by atoms with van der Waals surface area (Å²) in [6.07, 6.45) is 0.923. The van der Waals surface area contributed by atoms with E-state index in [1.54, 1.807) is 20.0 Å². The molecule has 0 aliphatic heterocycles. The molecule has 4 N–H and O–H groups in total. The minimum Gasteiger partial charge on any atom is -0.454 e. The molecule has 1 aromatic rings. The fourth-order valence-electron chi connectivity index (χ4n) is 1.95. The number of nitrogens with one attached hydrogen (secondary N) is 2. The lowest BCUT2D eigenvalue weighted by Gasteiger charge is -2.19. The van der Waals surface area contributed by atoms with Crippen LogP contribution in [-0.4, -0.2) is 36.9 Å². The molecule has 1 aromatic heterocycles. The van der Waals surface area contributed by atoms with Crippen LogP contribution in [0, 0.1) is 6.92 Å². The molecule has 7 nitrogen and oxygen atoms in total. The van der Waals surface area contributed by atoms with Crippen molar-refractivity contribution in [3.63, 3.8) is 0 Å². The van der Waals surface area contributed by atoms with Crippen molar-refractivity contribution in [2.75, 3.05) is 20.1 Å². The van der Waals surface area contributed by atoms with Gasteiger partial charge in [-0.15, -0.1) is 0 Å². The maximum atomic E-state index is 11.5. The fraction of sp³-hybridized carbons (Fsp3) is 0.538. The lowest BCUT2D eigenvalue weighted by molar-refractivity contribution is -0.121. The number of hydrogen-bond acceptors (Lipinski definition) is 5. The van der Waals surface area contributed by atoms with Gasteiger partial charge in [-0.3, -0.25) is 19.9 Å². The zero-order valence-corrected chi connectivity index (χ0v) is 12.2. The molecule has 7 heteroatoms. The standard InChI is InChI=1S/C13H22N4O3/c1-4-5-17(8-11(18)15-3)7-10-6-9(2)12(20-10)13(19)16-14/h6H,4-5,7-8,14H2,1-3H3,(H,15,18)(H,16,19). The minimum absolute atomic E-state index is 0.0540. The summed E-state index contributed by atoms with van der Waals surface area (Å²) in [4.78, 5) is 24.9. The lowest BCUT2D eigenvalue weighted by Crippen LogP contribution is -2.35. The number of rotatable bonds is 7. The summed E-state index contributed by atoms with van der Waals surface area (Å²) < 4.78 is 5.49. The molecule has 0 aromatic carbocycles. The van der Waals surface area contributed by atoms with Crippen LogP contribution >= 0.6 is 0 Å². The number of amides is 2. The van der Waals surface area contributed by atoms with Crippen molar-refractivity contribution in [2.24, 2.45) is 5.84 Å². The Morgan fingerprint density at radius 3 is 2.70 bits per heavy atom. The topological polar surface area (TPSA) is 101 Å². The van der Waals surface area contributed by atoms with Crippen molar-refractivity contribution >= 4 is 11.8 Å². The molecular weight excluding hydrogens is 260 g/mol. The second kappa shape index (κ2) is 7.66. The van der Waals surface area contributed by atoms with E-state index < -0.39 is 5.91 Å². The predicted molar refractivity (Wildman–Crippen MR) is 74.7 cm³/mol. The molecule has 0 saturated carbocycles. The van der Waals surface area contributed by atoms with Crippen LogP contribution in [0.3, 0.4) is 0 Å². The zero-order valence-electron chi connectivity index (χ0n) is 12.2. The molecule has 0 atom stereocenters. The van der Waals surface area contributed by atoms with Crippen LogP contribution in [0.25, 0.3) is 0 Å². The van der Waals surface area contributed by atoms with Gasteiger partial charge in [0.15, 0.2) is 5.76 Å². The average molecular weight is 282 g/mol. The van der Waals surface area contributed by atoms with Crippen LogP contribution < -0.4 is 16.6 Å². The largest absolute Gasteiger partial charge is 0.454 e. The second-order valence-corrected chi connectivity index (χ2v) is 4.58. The van der Waals surface area contributed by atoms with E-state index >= 15 is 0 Å². The summed E-state index contributed by atoms with van der Waals surface area (Å²) in [5.74, 6) is 5.43. The van der Waals surface area contributed by atoms with Gasteiger partial charge in [-0.25, -0.2) is 5.84 Å². The third kappa shape index (κ3) is 4.36. The van der Waals surface area contributed by atoms with Crippen molar-refractivity contribution in [2.45, 2.75) is 26.8 Å². The quantitative estimate of drug-likeness (QED) is 0.375. The highest BCUT2D eigenvalue weighted by Crippen LogP contribution is 2.16. The lowest BCUT2D eigenvalue weighted by atomic mass is 10.2. The van der Waals surface area contributed by atoms with E-state index in [1.807, 2.05) is 17.2 Å². The molecule has 0 saturated heterocycles. The summed E-state index contributed by atoms with van der Waals surface area (Å²) in [5, 5.41) is 2.59. The highest BCUT2D eigenvalue weighted by Gasteiger charge is 2.17. The van der Waals surface area contributed by atoms with Gasteiger partial charge in [-0.2, -0.15) is 0 Å². The number of nitrogens with two attached hydrogens (primary N) is 1. The molecule has 0 radical (unpaired) electrons. The van der Waals surface area contributed by atoms with E-state index in [0.717, 1.165) is 18.5 Å². The summed E-state index contributed by atoms with van der Waals surface area (Å²) in [6, 6.07) is 1.79. The minimum atomic E-state index is -0.456. The van der Waals surface area contributed by atoms with E-state index in [9.17, 15) is 9.59 Å². The summed E-state index contributed by atoms with van der Waals surface area (Å²) in [6.45, 7) is 5.35. The molecule has 1 heterocycles. The first-order valence-corrected chi connectivity index (χ1v) is 6.55. The SMILES string of the molecule is CCCN(CC(=O)NC)Cc1cc(C)c(C(=O)NN)o1. The Balaban J connectivity index is 2.78. The van der Waals surface area contributed by atoms with E-state index in [2.05, 4.69) is 5.32 Å². The third-order valence-electron chi connectivity index (χ3n) is 2.87. The molecule has 0 bridgehead atoms. The molecular formula is C13H22N4O3. The normalized spacial score (nSPS) is 10.7. The van der Waals surface area contributed by atoms with Crippen LogP contribution in [0.15, 0.2) is 10.5 Å². The van der Waals surface area contributed by atoms with E-state index in [1.165, 1.54) is 0 Å². The Labute approximate surface area is 118 Å².